The van der Waals surface area contributed by atoms with Crippen molar-refractivity contribution < 1.29 is 14.7 Å². The molecule has 3 rings (SSSR count). The molecule has 0 saturated heterocycles. The maximum Gasteiger partial charge on any atom is 0.163 e. The van der Waals surface area contributed by atoms with Crippen LogP contribution in [0.5, 0.6) is 5.75 Å². The Morgan fingerprint density at radius 3 is 2.52 bits per heavy atom. The Kier molecular flexibility index (Phi) is 3.59. The van der Waals surface area contributed by atoms with Crippen LogP contribution in [0.4, 0.5) is 0 Å². The lowest BCUT2D eigenvalue weighted by atomic mass is 9.53. The number of fused-ring (bicyclic) bond motifs is 1. The molecule has 2 aliphatic carbocycles. The van der Waals surface area contributed by atoms with E-state index in [-0.39, 0.29) is 29.2 Å². The maximum absolute atomic E-state index is 12.9. The molecule has 1 aromatic rings. The van der Waals surface area contributed by atoms with E-state index < -0.39 is 5.41 Å². The summed E-state index contributed by atoms with van der Waals surface area (Å²) in [6, 6.07) is 6.85. The number of allylic oxidation sites excluding steroid dienone is 5. The van der Waals surface area contributed by atoms with Gasteiger partial charge in [0.05, 0.1) is 5.41 Å². The van der Waals surface area contributed by atoms with Crippen molar-refractivity contribution in [1.29, 1.82) is 0 Å². The first-order valence-corrected chi connectivity index (χ1v) is 7.78. The molecule has 0 amide bonds. The van der Waals surface area contributed by atoms with E-state index in [1.54, 1.807) is 25.1 Å². The van der Waals surface area contributed by atoms with E-state index in [9.17, 15) is 14.7 Å². The number of rotatable bonds is 2. The highest BCUT2D eigenvalue weighted by molar-refractivity contribution is 6.13. The first-order chi connectivity index (χ1) is 10.9. The summed E-state index contributed by atoms with van der Waals surface area (Å²) in [5.41, 5.74) is 1.60. The monoisotopic (exact) mass is 308 g/mol. The van der Waals surface area contributed by atoms with E-state index >= 15 is 0 Å². The summed E-state index contributed by atoms with van der Waals surface area (Å²) in [7, 11) is 0. The second kappa shape index (κ2) is 5.34. The van der Waals surface area contributed by atoms with Crippen LogP contribution in [0.15, 0.2) is 60.2 Å². The first-order valence-electron chi connectivity index (χ1n) is 7.78. The smallest absolute Gasteiger partial charge is 0.163 e. The number of carbonyl (C=O) groups is 2. The highest BCUT2D eigenvalue weighted by atomic mass is 16.3. The zero-order valence-electron chi connectivity index (χ0n) is 13.4. The largest absolute Gasteiger partial charge is 0.508 e. The molecule has 118 valence electrons. The van der Waals surface area contributed by atoms with Gasteiger partial charge < -0.3 is 5.11 Å². The molecule has 1 aromatic carbocycles. The third-order valence-corrected chi connectivity index (χ3v) is 5.29. The first kappa shape index (κ1) is 15.5. The Labute approximate surface area is 136 Å². The molecule has 3 nitrogen and oxygen atoms in total. The molecular formula is C20H20O3. The Bertz CT molecular complexity index is 752. The number of phenolic OH excluding ortho intramolecular Hbond substituents is 1. The number of phenols is 1. The lowest BCUT2D eigenvalue weighted by Gasteiger charge is -2.47. The van der Waals surface area contributed by atoms with E-state index in [4.69, 9.17) is 0 Å². The van der Waals surface area contributed by atoms with E-state index in [0.29, 0.717) is 12.0 Å². The number of benzene rings is 1. The third kappa shape index (κ3) is 2.19. The van der Waals surface area contributed by atoms with E-state index in [2.05, 4.69) is 6.58 Å². The van der Waals surface area contributed by atoms with Crippen molar-refractivity contribution in [1.82, 2.24) is 0 Å². The van der Waals surface area contributed by atoms with Gasteiger partial charge in [0, 0.05) is 11.8 Å². The van der Waals surface area contributed by atoms with Crippen molar-refractivity contribution in [2.24, 2.45) is 11.3 Å². The summed E-state index contributed by atoms with van der Waals surface area (Å²) in [4.78, 5) is 25.5. The van der Waals surface area contributed by atoms with Gasteiger partial charge in [-0.25, -0.2) is 0 Å². The molecule has 0 radical (unpaired) electrons. The zero-order valence-corrected chi connectivity index (χ0v) is 13.4. The number of carbonyl (C=O) groups excluding carboxylic acids is 2. The molecule has 23 heavy (non-hydrogen) atoms. The van der Waals surface area contributed by atoms with Gasteiger partial charge in [0.15, 0.2) is 11.6 Å². The minimum atomic E-state index is -0.814. The van der Waals surface area contributed by atoms with Crippen LogP contribution >= 0.6 is 0 Å². The summed E-state index contributed by atoms with van der Waals surface area (Å²) in [6.07, 6.45) is 5.82. The molecular weight excluding hydrogens is 288 g/mol. The molecule has 0 aliphatic heterocycles. The average Bonchev–Trinajstić information content (AvgIpc) is 2.53. The molecule has 0 heterocycles. The lowest BCUT2D eigenvalue weighted by molar-refractivity contribution is -0.137. The third-order valence-electron chi connectivity index (χ3n) is 5.29. The molecule has 3 heteroatoms. The van der Waals surface area contributed by atoms with Gasteiger partial charge >= 0.3 is 0 Å². The van der Waals surface area contributed by atoms with Crippen LogP contribution in [-0.2, 0) is 9.59 Å². The SMILES string of the molecule is C=CC1=CCC2C(=O)C(C)=CC(=O)C2(C)C1c1ccc(O)cc1. The number of Topliss-reactive ketones (excluding diaryl/α,β-unsaturated/α-hetero) is 1. The number of hydrogen-bond donors (Lipinski definition) is 1. The van der Waals surface area contributed by atoms with Gasteiger partial charge in [-0.3, -0.25) is 9.59 Å². The number of ketones is 2. The highest BCUT2D eigenvalue weighted by Crippen LogP contribution is 2.54. The summed E-state index contributed by atoms with van der Waals surface area (Å²) in [5.74, 6) is -0.361. The molecule has 0 spiro atoms. The van der Waals surface area contributed by atoms with Crippen molar-refractivity contribution in [3.63, 3.8) is 0 Å². The van der Waals surface area contributed by atoms with Gasteiger partial charge in [0.2, 0.25) is 0 Å². The van der Waals surface area contributed by atoms with Gasteiger partial charge in [-0.1, -0.05) is 37.8 Å². The van der Waals surface area contributed by atoms with Crippen LogP contribution in [0.2, 0.25) is 0 Å². The second-order valence-electron chi connectivity index (χ2n) is 6.56. The van der Waals surface area contributed by atoms with Crippen molar-refractivity contribution in [3.8, 4) is 5.75 Å². The fourth-order valence-corrected chi connectivity index (χ4v) is 3.96. The fraction of sp³-hybridized carbons (Fsp3) is 0.300. The molecule has 3 unspecified atom stereocenters. The molecule has 0 fully saturated rings. The van der Waals surface area contributed by atoms with Crippen LogP contribution in [0, 0.1) is 11.3 Å². The predicted molar refractivity (Wildman–Crippen MR) is 89.1 cm³/mol. The maximum atomic E-state index is 12.9. The Hall–Kier alpha value is -2.42. The van der Waals surface area contributed by atoms with Gasteiger partial charge in [0.1, 0.15) is 5.75 Å². The Balaban J connectivity index is 2.21. The van der Waals surface area contributed by atoms with Crippen LogP contribution < -0.4 is 0 Å². The summed E-state index contributed by atoms with van der Waals surface area (Å²) < 4.78 is 0. The second-order valence-corrected chi connectivity index (χ2v) is 6.56. The Morgan fingerprint density at radius 1 is 1.26 bits per heavy atom. The molecule has 0 bridgehead atoms. The van der Waals surface area contributed by atoms with Crippen molar-refractivity contribution in [3.05, 3.63) is 65.8 Å². The average molecular weight is 308 g/mol. The van der Waals surface area contributed by atoms with E-state index in [0.717, 1.165) is 11.1 Å². The van der Waals surface area contributed by atoms with Crippen LogP contribution in [0.1, 0.15) is 31.7 Å². The molecule has 3 atom stereocenters. The molecule has 0 aromatic heterocycles. The lowest BCUT2D eigenvalue weighted by Crippen LogP contribution is -2.49. The number of aromatic hydroxyl groups is 1. The minimum Gasteiger partial charge on any atom is -0.508 e. The fourth-order valence-electron chi connectivity index (χ4n) is 3.96. The van der Waals surface area contributed by atoms with Crippen LogP contribution in [-0.4, -0.2) is 16.7 Å². The number of hydrogen-bond acceptors (Lipinski definition) is 3. The molecule has 1 N–H and O–H groups in total. The van der Waals surface area contributed by atoms with Crippen molar-refractivity contribution >= 4 is 11.6 Å². The standard InChI is InChI=1S/C20H20O3/c1-4-13-7-10-16-19(23)12(2)11-17(22)20(16,3)18(13)14-5-8-15(21)9-6-14/h4-9,11,16,18,21H,1,10H2,2-3H3. The minimum absolute atomic E-state index is 0.00914. The van der Waals surface area contributed by atoms with Crippen LogP contribution in [0.3, 0.4) is 0 Å². The summed E-state index contributed by atoms with van der Waals surface area (Å²) >= 11 is 0. The zero-order chi connectivity index (χ0) is 16.8. The van der Waals surface area contributed by atoms with Crippen molar-refractivity contribution in [2.45, 2.75) is 26.2 Å². The Morgan fingerprint density at radius 2 is 1.91 bits per heavy atom. The topological polar surface area (TPSA) is 54.4 Å². The van der Waals surface area contributed by atoms with Gasteiger partial charge in [0.25, 0.3) is 0 Å². The van der Waals surface area contributed by atoms with Gasteiger partial charge in [-0.05, 0) is 48.3 Å². The van der Waals surface area contributed by atoms with Gasteiger partial charge in [-0.15, -0.1) is 0 Å². The predicted octanol–water partition coefficient (Wildman–Crippen LogP) is 3.71. The van der Waals surface area contributed by atoms with Crippen molar-refractivity contribution in [2.75, 3.05) is 0 Å². The van der Waals surface area contributed by atoms with E-state index in [1.807, 2.05) is 25.1 Å². The summed E-state index contributed by atoms with van der Waals surface area (Å²) in [5, 5.41) is 9.54. The van der Waals surface area contributed by atoms with Crippen LogP contribution in [0.25, 0.3) is 0 Å². The quantitative estimate of drug-likeness (QED) is 0.906. The van der Waals surface area contributed by atoms with E-state index in [1.165, 1.54) is 6.08 Å². The van der Waals surface area contributed by atoms with Gasteiger partial charge in [-0.2, -0.15) is 0 Å². The molecule has 0 saturated carbocycles. The summed E-state index contributed by atoms with van der Waals surface area (Å²) in [6.45, 7) is 7.47. The highest BCUT2D eigenvalue weighted by Gasteiger charge is 2.54. The normalized spacial score (nSPS) is 30.3. The molecule has 2 aliphatic rings.